The van der Waals surface area contributed by atoms with Gasteiger partial charge in [-0.25, -0.2) is 8.42 Å². The van der Waals surface area contributed by atoms with E-state index in [1.807, 2.05) is 19.9 Å². The van der Waals surface area contributed by atoms with Crippen molar-refractivity contribution in [3.63, 3.8) is 0 Å². The molecule has 1 aliphatic rings. The number of carbonyl (C=O) groups is 1. The van der Waals surface area contributed by atoms with Gasteiger partial charge in [0.1, 0.15) is 0 Å². The van der Waals surface area contributed by atoms with Gasteiger partial charge in [0.2, 0.25) is 10.0 Å². The summed E-state index contributed by atoms with van der Waals surface area (Å²) >= 11 is 0. The van der Waals surface area contributed by atoms with Crippen LogP contribution in [0.4, 0.5) is 11.4 Å². The molecule has 0 bridgehead atoms. The first-order valence-corrected chi connectivity index (χ1v) is 9.68. The molecule has 23 heavy (non-hydrogen) atoms. The van der Waals surface area contributed by atoms with Gasteiger partial charge in [0.25, 0.3) is 5.91 Å². The Morgan fingerprint density at radius 3 is 2.48 bits per heavy atom. The normalized spacial score (nSPS) is 15.0. The molecule has 7 heteroatoms. The Kier molecular flexibility index (Phi) is 5.51. The Hall–Kier alpha value is -1.76. The number of amides is 1. The SMILES string of the molecule is CCS(=O)(=O)Nc1ccc(N2CCCC2)c(C(=O)NC(C)C)c1. The average molecular weight is 339 g/mol. The second kappa shape index (κ2) is 7.21. The molecule has 0 saturated carbocycles. The zero-order valence-electron chi connectivity index (χ0n) is 13.9. The highest BCUT2D eigenvalue weighted by molar-refractivity contribution is 7.92. The number of hydrogen-bond donors (Lipinski definition) is 2. The number of sulfonamides is 1. The molecule has 0 unspecified atom stereocenters. The minimum absolute atomic E-state index is 0.00556. The molecule has 128 valence electrons. The van der Waals surface area contributed by atoms with Crippen molar-refractivity contribution < 1.29 is 13.2 Å². The van der Waals surface area contributed by atoms with Crippen molar-refractivity contribution in [3.8, 4) is 0 Å². The van der Waals surface area contributed by atoms with E-state index in [-0.39, 0.29) is 17.7 Å². The Morgan fingerprint density at radius 2 is 1.91 bits per heavy atom. The van der Waals surface area contributed by atoms with Crippen LogP contribution in [0.1, 0.15) is 44.0 Å². The fourth-order valence-corrected chi connectivity index (χ4v) is 3.24. The fraction of sp³-hybridized carbons (Fsp3) is 0.562. The highest BCUT2D eigenvalue weighted by Gasteiger charge is 2.21. The quantitative estimate of drug-likeness (QED) is 0.833. The van der Waals surface area contributed by atoms with E-state index in [0.717, 1.165) is 31.6 Å². The highest BCUT2D eigenvalue weighted by atomic mass is 32.2. The van der Waals surface area contributed by atoms with E-state index in [9.17, 15) is 13.2 Å². The smallest absolute Gasteiger partial charge is 0.253 e. The molecule has 0 atom stereocenters. The van der Waals surface area contributed by atoms with Crippen molar-refractivity contribution in [1.29, 1.82) is 0 Å². The van der Waals surface area contributed by atoms with Crippen LogP contribution >= 0.6 is 0 Å². The minimum atomic E-state index is -3.37. The third kappa shape index (κ3) is 4.60. The lowest BCUT2D eigenvalue weighted by Gasteiger charge is -2.22. The van der Waals surface area contributed by atoms with Gasteiger partial charge in [-0.3, -0.25) is 9.52 Å². The molecule has 1 aromatic carbocycles. The van der Waals surface area contributed by atoms with Crippen molar-refractivity contribution in [3.05, 3.63) is 23.8 Å². The number of benzene rings is 1. The maximum absolute atomic E-state index is 12.5. The molecular weight excluding hydrogens is 314 g/mol. The third-order valence-corrected chi connectivity index (χ3v) is 5.07. The molecule has 6 nitrogen and oxygen atoms in total. The van der Waals surface area contributed by atoms with E-state index in [2.05, 4.69) is 14.9 Å². The number of nitrogens with one attached hydrogen (secondary N) is 2. The predicted molar refractivity (Wildman–Crippen MR) is 93.6 cm³/mol. The van der Waals surface area contributed by atoms with Crippen molar-refractivity contribution in [1.82, 2.24) is 5.32 Å². The van der Waals surface area contributed by atoms with Gasteiger partial charge in [0.05, 0.1) is 11.3 Å². The molecule has 1 amide bonds. The van der Waals surface area contributed by atoms with E-state index in [1.165, 1.54) is 0 Å². The first-order valence-electron chi connectivity index (χ1n) is 8.02. The molecular formula is C16H25N3O3S. The zero-order valence-corrected chi connectivity index (χ0v) is 14.7. The lowest BCUT2D eigenvalue weighted by molar-refractivity contribution is 0.0943. The number of nitrogens with zero attached hydrogens (tertiary/aromatic N) is 1. The van der Waals surface area contributed by atoms with Crippen LogP contribution in [0.3, 0.4) is 0 Å². The van der Waals surface area contributed by atoms with E-state index >= 15 is 0 Å². The summed E-state index contributed by atoms with van der Waals surface area (Å²) in [5.74, 6) is -0.187. The molecule has 1 aromatic rings. The Balaban J connectivity index is 2.37. The van der Waals surface area contributed by atoms with Crippen LogP contribution in [0.15, 0.2) is 18.2 Å². The van der Waals surface area contributed by atoms with Crippen molar-refractivity contribution in [2.24, 2.45) is 0 Å². The third-order valence-electron chi connectivity index (χ3n) is 3.76. The summed E-state index contributed by atoms with van der Waals surface area (Å²) in [5, 5.41) is 2.88. The van der Waals surface area contributed by atoms with Crippen LogP contribution in [0.2, 0.25) is 0 Å². The van der Waals surface area contributed by atoms with Crippen molar-refractivity contribution in [2.75, 3.05) is 28.5 Å². The van der Waals surface area contributed by atoms with Crippen molar-refractivity contribution in [2.45, 2.75) is 39.7 Å². The Morgan fingerprint density at radius 1 is 1.26 bits per heavy atom. The lowest BCUT2D eigenvalue weighted by atomic mass is 10.1. The zero-order chi connectivity index (χ0) is 17.0. The molecule has 1 aliphatic heterocycles. The fourth-order valence-electron chi connectivity index (χ4n) is 2.61. The molecule has 0 aliphatic carbocycles. The van der Waals surface area contributed by atoms with E-state index in [4.69, 9.17) is 0 Å². The van der Waals surface area contributed by atoms with Gasteiger partial charge in [0, 0.05) is 30.5 Å². The summed E-state index contributed by atoms with van der Waals surface area (Å²) in [4.78, 5) is 14.7. The van der Waals surface area contributed by atoms with Gasteiger partial charge < -0.3 is 10.2 Å². The van der Waals surface area contributed by atoms with Crippen LogP contribution in [0, 0.1) is 0 Å². The van der Waals surface area contributed by atoms with Gasteiger partial charge in [-0.2, -0.15) is 0 Å². The van der Waals surface area contributed by atoms with Gasteiger partial charge >= 0.3 is 0 Å². The minimum Gasteiger partial charge on any atom is -0.371 e. The van der Waals surface area contributed by atoms with Gasteiger partial charge in [0.15, 0.2) is 0 Å². The molecule has 1 heterocycles. The molecule has 2 rings (SSSR count). The maximum atomic E-state index is 12.5. The second-order valence-corrected chi connectivity index (χ2v) is 8.07. The molecule has 1 saturated heterocycles. The lowest BCUT2D eigenvalue weighted by Crippen LogP contribution is -2.32. The summed E-state index contributed by atoms with van der Waals surface area (Å²) < 4.78 is 26.0. The van der Waals surface area contributed by atoms with Gasteiger partial charge in [-0.1, -0.05) is 0 Å². The van der Waals surface area contributed by atoms with Crippen molar-refractivity contribution >= 4 is 27.3 Å². The molecule has 1 fully saturated rings. The van der Waals surface area contributed by atoms with Crippen LogP contribution in [0.25, 0.3) is 0 Å². The van der Waals surface area contributed by atoms with Gasteiger partial charge in [-0.15, -0.1) is 0 Å². The number of rotatable bonds is 6. The van der Waals surface area contributed by atoms with E-state index in [0.29, 0.717) is 11.3 Å². The van der Waals surface area contributed by atoms with Crippen LogP contribution in [0.5, 0.6) is 0 Å². The summed E-state index contributed by atoms with van der Waals surface area (Å²) in [6.07, 6.45) is 2.21. The standard InChI is InChI=1S/C16H25N3O3S/c1-4-23(21,22)18-13-7-8-15(19-9-5-6-10-19)14(11-13)16(20)17-12(2)3/h7-8,11-12,18H,4-6,9-10H2,1-3H3,(H,17,20). The van der Waals surface area contributed by atoms with E-state index in [1.54, 1.807) is 19.1 Å². The van der Waals surface area contributed by atoms with Crippen LogP contribution < -0.4 is 14.9 Å². The maximum Gasteiger partial charge on any atom is 0.253 e. The predicted octanol–water partition coefficient (Wildman–Crippen LogP) is 2.19. The number of anilines is 2. The molecule has 2 N–H and O–H groups in total. The summed E-state index contributed by atoms with van der Waals surface area (Å²) in [6.45, 7) is 7.21. The largest absolute Gasteiger partial charge is 0.371 e. The van der Waals surface area contributed by atoms with Crippen LogP contribution in [-0.2, 0) is 10.0 Å². The topological polar surface area (TPSA) is 78.5 Å². The highest BCUT2D eigenvalue weighted by Crippen LogP contribution is 2.28. The summed E-state index contributed by atoms with van der Waals surface area (Å²) in [7, 11) is -3.37. The molecule has 0 spiro atoms. The first-order chi connectivity index (χ1) is 10.8. The molecule has 0 radical (unpaired) electrons. The van der Waals surface area contributed by atoms with Crippen LogP contribution in [-0.4, -0.2) is 39.2 Å². The summed E-state index contributed by atoms with van der Waals surface area (Å²) in [6, 6.07) is 5.18. The van der Waals surface area contributed by atoms with Gasteiger partial charge in [-0.05, 0) is 51.8 Å². The Bertz CT molecular complexity index is 665. The second-order valence-electron chi connectivity index (χ2n) is 6.06. The first kappa shape index (κ1) is 17.6. The molecule has 0 aromatic heterocycles. The Labute approximate surface area is 138 Å². The monoisotopic (exact) mass is 339 g/mol. The number of hydrogen-bond acceptors (Lipinski definition) is 4. The number of carbonyl (C=O) groups excluding carboxylic acids is 1. The average Bonchev–Trinajstić information content (AvgIpc) is 3.00. The summed E-state index contributed by atoms with van der Waals surface area (Å²) in [5.41, 5.74) is 1.79. The van der Waals surface area contributed by atoms with E-state index < -0.39 is 10.0 Å².